The molecule has 1 amide bonds. The molecule has 4 nitrogen and oxygen atoms in total. The Labute approximate surface area is 183 Å². The van der Waals surface area contributed by atoms with Crippen molar-refractivity contribution in [1.29, 1.82) is 0 Å². The zero-order chi connectivity index (χ0) is 21.1. The molecular weight excluding hydrogens is 449 g/mol. The zero-order valence-electron chi connectivity index (χ0n) is 16.5. The van der Waals surface area contributed by atoms with Crippen LogP contribution in [0.2, 0.25) is 0 Å². The Morgan fingerprint density at radius 3 is 2.60 bits per heavy atom. The molecule has 1 aliphatic heterocycles. The lowest BCUT2D eigenvalue weighted by molar-refractivity contribution is 0.143. The summed E-state index contributed by atoms with van der Waals surface area (Å²) in [5, 5.41) is 0. The zero-order valence-corrected chi connectivity index (χ0v) is 18.1. The Hall–Kier alpha value is -2.86. The van der Waals surface area contributed by atoms with Gasteiger partial charge in [0.25, 0.3) is 0 Å². The highest BCUT2D eigenvalue weighted by Crippen LogP contribution is 2.46. The molecule has 0 aromatic heterocycles. The minimum absolute atomic E-state index is 0.133. The lowest BCUT2D eigenvalue weighted by Gasteiger charge is -2.37. The molecule has 154 valence electrons. The predicted molar refractivity (Wildman–Crippen MR) is 117 cm³/mol. The second kappa shape index (κ2) is 8.88. The van der Waals surface area contributed by atoms with Gasteiger partial charge in [-0.05, 0) is 42.2 Å². The molecule has 0 N–H and O–H groups in total. The second-order valence-corrected chi connectivity index (χ2v) is 8.02. The molecule has 0 saturated heterocycles. The number of nitrogens with zero attached hydrogens (tertiary/aromatic N) is 1. The number of anilines is 1. The number of ether oxygens (including phenoxy) is 2. The van der Waals surface area contributed by atoms with Gasteiger partial charge in [-0.3, -0.25) is 4.90 Å². The van der Waals surface area contributed by atoms with E-state index in [2.05, 4.69) is 15.9 Å². The SMILES string of the molecule is COc1cc(Br)cc2c1N(C(=O)OCc1ccccc1)C(c1ccccc1F)CC2. The minimum atomic E-state index is -0.534. The van der Waals surface area contributed by atoms with Crippen molar-refractivity contribution in [3.63, 3.8) is 0 Å². The molecule has 0 bridgehead atoms. The first-order valence-electron chi connectivity index (χ1n) is 9.69. The number of halogens is 2. The number of rotatable bonds is 4. The summed E-state index contributed by atoms with van der Waals surface area (Å²) in [4.78, 5) is 14.8. The highest BCUT2D eigenvalue weighted by molar-refractivity contribution is 9.10. The molecule has 6 heteroatoms. The fourth-order valence-electron chi connectivity index (χ4n) is 3.87. The van der Waals surface area contributed by atoms with E-state index in [1.54, 1.807) is 31.4 Å². The summed E-state index contributed by atoms with van der Waals surface area (Å²) in [7, 11) is 1.56. The third kappa shape index (κ3) is 4.05. The van der Waals surface area contributed by atoms with Crippen molar-refractivity contribution < 1.29 is 18.7 Å². The monoisotopic (exact) mass is 469 g/mol. The lowest BCUT2D eigenvalue weighted by Crippen LogP contribution is -2.39. The minimum Gasteiger partial charge on any atom is -0.495 e. The van der Waals surface area contributed by atoms with Crippen LogP contribution < -0.4 is 9.64 Å². The first kappa shape index (κ1) is 20.4. The lowest BCUT2D eigenvalue weighted by atomic mass is 9.91. The van der Waals surface area contributed by atoms with Crippen molar-refractivity contribution in [2.75, 3.05) is 12.0 Å². The van der Waals surface area contributed by atoms with Gasteiger partial charge in [0.05, 0.1) is 18.8 Å². The van der Waals surface area contributed by atoms with Gasteiger partial charge >= 0.3 is 6.09 Å². The molecule has 0 aliphatic carbocycles. The van der Waals surface area contributed by atoms with Crippen LogP contribution in [0.3, 0.4) is 0 Å². The highest BCUT2D eigenvalue weighted by atomic mass is 79.9. The van der Waals surface area contributed by atoms with Crippen molar-refractivity contribution >= 4 is 27.7 Å². The van der Waals surface area contributed by atoms with Crippen molar-refractivity contribution in [3.8, 4) is 5.75 Å². The average Bonchev–Trinajstić information content (AvgIpc) is 2.77. The fourth-order valence-corrected chi connectivity index (χ4v) is 4.36. The van der Waals surface area contributed by atoms with E-state index in [9.17, 15) is 9.18 Å². The van der Waals surface area contributed by atoms with Crippen LogP contribution in [0.1, 0.15) is 29.2 Å². The first-order chi connectivity index (χ1) is 14.6. The van der Waals surface area contributed by atoms with Gasteiger partial charge in [0.2, 0.25) is 0 Å². The van der Waals surface area contributed by atoms with Crippen LogP contribution in [0.4, 0.5) is 14.9 Å². The number of carbonyl (C=O) groups is 1. The van der Waals surface area contributed by atoms with Crippen molar-refractivity contribution in [2.45, 2.75) is 25.5 Å². The van der Waals surface area contributed by atoms with E-state index in [0.29, 0.717) is 29.8 Å². The third-order valence-electron chi connectivity index (χ3n) is 5.24. The molecule has 3 aromatic rings. The maximum absolute atomic E-state index is 14.7. The number of hydrogen-bond acceptors (Lipinski definition) is 3. The number of fused-ring (bicyclic) bond motifs is 1. The van der Waals surface area contributed by atoms with E-state index in [4.69, 9.17) is 9.47 Å². The highest BCUT2D eigenvalue weighted by Gasteiger charge is 2.37. The summed E-state index contributed by atoms with van der Waals surface area (Å²) in [6.07, 6.45) is 0.731. The Bertz CT molecular complexity index is 1040. The molecule has 1 aliphatic rings. The Morgan fingerprint density at radius 2 is 1.87 bits per heavy atom. The van der Waals surface area contributed by atoms with Gasteiger partial charge in [0.1, 0.15) is 18.2 Å². The van der Waals surface area contributed by atoms with Gasteiger partial charge < -0.3 is 9.47 Å². The molecule has 0 spiro atoms. The molecule has 0 saturated carbocycles. The van der Waals surface area contributed by atoms with Crippen LogP contribution in [0.5, 0.6) is 5.75 Å². The Balaban J connectivity index is 1.75. The molecule has 1 unspecified atom stereocenters. The smallest absolute Gasteiger partial charge is 0.415 e. The number of methoxy groups -OCH3 is 1. The number of aryl methyl sites for hydroxylation is 1. The van der Waals surface area contributed by atoms with Crippen LogP contribution in [0, 0.1) is 5.82 Å². The van der Waals surface area contributed by atoms with E-state index in [1.807, 2.05) is 36.4 Å². The second-order valence-electron chi connectivity index (χ2n) is 7.10. The molecule has 1 atom stereocenters. The van der Waals surface area contributed by atoms with E-state index in [-0.39, 0.29) is 12.4 Å². The van der Waals surface area contributed by atoms with Gasteiger partial charge in [0.15, 0.2) is 0 Å². The number of benzene rings is 3. The Morgan fingerprint density at radius 1 is 1.13 bits per heavy atom. The van der Waals surface area contributed by atoms with Gasteiger partial charge in [0, 0.05) is 10.0 Å². The van der Waals surface area contributed by atoms with Crippen LogP contribution >= 0.6 is 15.9 Å². The van der Waals surface area contributed by atoms with Crippen molar-refractivity contribution in [3.05, 3.63) is 93.7 Å². The van der Waals surface area contributed by atoms with Crippen LogP contribution in [-0.4, -0.2) is 13.2 Å². The molecule has 4 rings (SSSR count). The van der Waals surface area contributed by atoms with Crippen molar-refractivity contribution in [1.82, 2.24) is 0 Å². The van der Waals surface area contributed by atoms with Gasteiger partial charge in [-0.1, -0.05) is 64.5 Å². The standard InChI is InChI=1S/C24H21BrFNO3/c1-29-22-14-18(25)13-17-11-12-21(19-9-5-6-10-20(19)26)27(23(17)22)24(28)30-15-16-7-3-2-4-8-16/h2-10,13-14,21H,11-12,15H2,1H3. The van der Waals surface area contributed by atoms with Gasteiger partial charge in [-0.25, -0.2) is 9.18 Å². The Kier molecular flexibility index (Phi) is 6.04. The van der Waals surface area contributed by atoms with Gasteiger partial charge in [-0.2, -0.15) is 0 Å². The van der Waals surface area contributed by atoms with Crippen molar-refractivity contribution in [2.24, 2.45) is 0 Å². The maximum atomic E-state index is 14.7. The third-order valence-corrected chi connectivity index (χ3v) is 5.70. The number of hydrogen-bond donors (Lipinski definition) is 0. The number of amides is 1. The molecule has 1 heterocycles. The van der Waals surface area contributed by atoms with Crippen LogP contribution in [-0.2, 0) is 17.8 Å². The largest absolute Gasteiger partial charge is 0.495 e. The van der Waals surface area contributed by atoms with E-state index in [1.165, 1.54) is 11.0 Å². The topological polar surface area (TPSA) is 38.8 Å². The summed E-state index contributed by atoms with van der Waals surface area (Å²) < 4.78 is 26.7. The molecule has 0 radical (unpaired) electrons. The molecule has 3 aromatic carbocycles. The summed E-state index contributed by atoms with van der Waals surface area (Å²) in [5.74, 6) is 0.194. The molecule has 0 fully saturated rings. The normalized spacial score (nSPS) is 15.4. The summed E-state index contributed by atoms with van der Waals surface area (Å²) in [6.45, 7) is 0.133. The average molecular weight is 470 g/mol. The van der Waals surface area contributed by atoms with E-state index >= 15 is 0 Å². The number of carbonyl (C=O) groups excluding carboxylic acids is 1. The van der Waals surface area contributed by atoms with E-state index in [0.717, 1.165) is 15.6 Å². The van der Waals surface area contributed by atoms with E-state index < -0.39 is 12.1 Å². The molecule has 30 heavy (non-hydrogen) atoms. The van der Waals surface area contributed by atoms with Crippen LogP contribution in [0.15, 0.2) is 71.2 Å². The summed E-state index contributed by atoms with van der Waals surface area (Å²) in [6, 6.07) is 19.3. The first-order valence-corrected chi connectivity index (χ1v) is 10.5. The van der Waals surface area contributed by atoms with Crippen LogP contribution in [0.25, 0.3) is 0 Å². The summed E-state index contributed by atoms with van der Waals surface area (Å²) in [5.41, 5.74) is 2.92. The summed E-state index contributed by atoms with van der Waals surface area (Å²) >= 11 is 3.50. The molecular formula is C24H21BrFNO3. The van der Waals surface area contributed by atoms with Gasteiger partial charge in [-0.15, -0.1) is 0 Å². The predicted octanol–water partition coefficient (Wildman–Crippen LogP) is 6.43. The quantitative estimate of drug-likeness (QED) is 0.441. The maximum Gasteiger partial charge on any atom is 0.415 e. The fraction of sp³-hybridized carbons (Fsp3) is 0.208.